The first kappa shape index (κ1) is 8.49. The molecule has 1 aromatic rings. The molecule has 0 atom stereocenters. The van der Waals surface area contributed by atoms with Gasteiger partial charge in [-0.3, -0.25) is 0 Å². The fraction of sp³-hybridized carbons (Fsp3) is 0.538. The summed E-state index contributed by atoms with van der Waals surface area (Å²) in [6, 6.07) is 8.69. The summed E-state index contributed by atoms with van der Waals surface area (Å²) < 4.78 is 0. The highest BCUT2D eigenvalue weighted by Crippen LogP contribution is 2.73. The molecule has 4 rings (SSSR count). The standard InChI is InChI=1S/C13H16O/c1-10-4-2-3-5-11(10)13-6-12(7-13,8-13)9-14/h2-5,14H,6-9H2,1H3. The first-order chi connectivity index (χ1) is 6.70. The SMILES string of the molecule is Cc1ccccc1C12CC(CO)(C1)C2. The number of benzene rings is 1. The zero-order valence-electron chi connectivity index (χ0n) is 8.59. The molecule has 1 aromatic carbocycles. The minimum Gasteiger partial charge on any atom is -0.396 e. The van der Waals surface area contributed by atoms with Crippen LogP contribution in [-0.2, 0) is 5.41 Å². The quantitative estimate of drug-likeness (QED) is 0.755. The lowest BCUT2D eigenvalue weighted by Crippen LogP contribution is -2.66. The van der Waals surface area contributed by atoms with Gasteiger partial charge in [-0.1, -0.05) is 24.3 Å². The Balaban J connectivity index is 1.91. The van der Waals surface area contributed by atoms with Gasteiger partial charge in [0.15, 0.2) is 0 Å². The van der Waals surface area contributed by atoms with Crippen LogP contribution in [0, 0.1) is 12.3 Å². The molecule has 0 radical (unpaired) electrons. The largest absolute Gasteiger partial charge is 0.396 e. The molecular weight excluding hydrogens is 172 g/mol. The van der Waals surface area contributed by atoms with Gasteiger partial charge >= 0.3 is 0 Å². The number of hydrogen-bond acceptors (Lipinski definition) is 1. The fourth-order valence-electron chi connectivity index (χ4n) is 3.62. The van der Waals surface area contributed by atoms with E-state index in [0.717, 1.165) is 0 Å². The second-order valence-corrected chi connectivity index (χ2v) is 5.28. The molecule has 0 amide bonds. The lowest BCUT2D eigenvalue weighted by atomic mass is 9.33. The van der Waals surface area contributed by atoms with Crippen LogP contribution in [0.4, 0.5) is 0 Å². The van der Waals surface area contributed by atoms with Crippen LogP contribution in [0.5, 0.6) is 0 Å². The fourth-order valence-corrected chi connectivity index (χ4v) is 3.62. The van der Waals surface area contributed by atoms with Crippen molar-refractivity contribution in [2.24, 2.45) is 5.41 Å². The van der Waals surface area contributed by atoms with Crippen LogP contribution in [0.1, 0.15) is 30.4 Å². The van der Waals surface area contributed by atoms with Gasteiger partial charge in [0.1, 0.15) is 0 Å². The highest BCUT2D eigenvalue weighted by molar-refractivity contribution is 5.42. The van der Waals surface area contributed by atoms with Crippen LogP contribution in [0.25, 0.3) is 0 Å². The Labute approximate surface area is 84.8 Å². The third-order valence-electron chi connectivity index (χ3n) is 4.19. The molecule has 1 N–H and O–H groups in total. The van der Waals surface area contributed by atoms with E-state index in [2.05, 4.69) is 31.2 Å². The Bertz CT molecular complexity index is 361. The third kappa shape index (κ3) is 0.838. The van der Waals surface area contributed by atoms with E-state index >= 15 is 0 Å². The summed E-state index contributed by atoms with van der Waals surface area (Å²) in [7, 11) is 0. The van der Waals surface area contributed by atoms with Crippen LogP contribution >= 0.6 is 0 Å². The molecule has 0 aliphatic heterocycles. The van der Waals surface area contributed by atoms with Crippen molar-refractivity contribution in [1.82, 2.24) is 0 Å². The molecule has 1 nitrogen and oxygen atoms in total. The van der Waals surface area contributed by atoms with Gasteiger partial charge in [-0.15, -0.1) is 0 Å². The number of aliphatic hydroxyl groups excluding tert-OH is 1. The van der Waals surface area contributed by atoms with Crippen molar-refractivity contribution in [3.05, 3.63) is 35.4 Å². The summed E-state index contributed by atoms with van der Waals surface area (Å²) in [5.74, 6) is 0. The van der Waals surface area contributed by atoms with Crippen molar-refractivity contribution in [3.63, 3.8) is 0 Å². The Morgan fingerprint density at radius 3 is 2.43 bits per heavy atom. The Kier molecular flexibility index (Phi) is 1.46. The van der Waals surface area contributed by atoms with Gasteiger partial charge in [-0.25, -0.2) is 0 Å². The van der Waals surface area contributed by atoms with E-state index in [9.17, 15) is 5.11 Å². The van der Waals surface area contributed by atoms with Crippen molar-refractivity contribution < 1.29 is 5.11 Å². The number of aliphatic hydroxyl groups is 1. The van der Waals surface area contributed by atoms with Crippen molar-refractivity contribution in [3.8, 4) is 0 Å². The lowest BCUT2D eigenvalue weighted by Gasteiger charge is -2.71. The maximum Gasteiger partial charge on any atom is 0.0488 e. The van der Waals surface area contributed by atoms with Crippen molar-refractivity contribution in [2.45, 2.75) is 31.6 Å². The Morgan fingerprint density at radius 2 is 1.86 bits per heavy atom. The zero-order chi connectivity index (χ0) is 9.81. The normalized spacial score (nSPS) is 38.7. The molecule has 3 aliphatic carbocycles. The van der Waals surface area contributed by atoms with Gasteiger partial charge in [0.05, 0.1) is 0 Å². The van der Waals surface area contributed by atoms with Gasteiger partial charge in [-0.05, 0) is 48.1 Å². The molecule has 0 spiro atoms. The van der Waals surface area contributed by atoms with E-state index in [4.69, 9.17) is 0 Å². The van der Waals surface area contributed by atoms with Gasteiger partial charge in [0.25, 0.3) is 0 Å². The molecule has 3 fully saturated rings. The Hall–Kier alpha value is -0.820. The van der Waals surface area contributed by atoms with E-state index in [1.54, 1.807) is 0 Å². The smallest absolute Gasteiger partial charge is 0.0488 e. The molecule has 14 heavy (non-hydrogen) atoms. The second kappa shape index (κ2) is 2.40. The summed E-state index contributed by atoms with van der Waals surface area (Å²) in [5.41, 5.74) is 3.71. The highest BCUT2D eigenvalue weighted by atomic mass is 16.3. The van der Waals surface area contributed by atoms with Gasteiger partial charge in [0, 0.05) is 6.61 Å². The van der Waals surface area contributed by atoms with Crippen molar-refractivity contribution in [2.75, 3.05) is 6.61 Å². The predicted octanol–water partition coefficient (Wildman–Crippen LogP) is 2.41. The molecule has 0 unspecified atom stereocenters. The molecule has 3 saturated carbocycles. The summed E-state index contributed by atoms with van der Waals surface area (Å²) in [4.78, 5) is 0. The summed E-state index contributed by atoms with van der Waals surface area (Å²) in [6.45, 7) is 2.59. The van der Waals surface area contributed by atoms with E-state index in [0.29, 0.717) is 17.4 Å². The number of aryl methyl sites for hydroxylation is 1. The Morgan fingerprint density at radius 1 is 1.21 bits per heavy atom. The zero-order valence-corrected chi connectivity index (χ0v) is 8.59. The predicted molar refractivity (Wildman–Crippen MR) is 56.2 cm³/mol. The van der Waals surface area contributed by atoms with Crippen LogP contribution in [0.2, 0.25) is 0 Å². The topological polar surface area (TPSA) is 20.2 Å². The van der Waals surface area contributed by atoms with Crippen LogP contribution in [0.15, 0.2) is 24.3 Å². The van der Waals surface area contributed by atoms with E-state index < -0.39 is 0 Å². The molecule has 3 aliphatic rings. The molecule has 0 heterocycles. The minimum atomic E-state index is 0.322. The first-order valence-corrected chi connectivity index (χ1v) is 5.37. The summed E-state index contributed by atoms with van der Waals surface area (Å²) >= 11 is 0. The summed E-state index contributed by atoms with van der Waals surface area (Å²) in [6.07, 6.45) is 3.63. The van der Waals surface area contributed by atoms with Gasteiger partial charge in [0.2, 0.25) is 0 Å². The maximum atomic E-state index is 9.21. The molecule has 0 saturated heterocycles. The van der Waals surface area contributed by atoms with Gasteiger partial charge < -0.3 is 5.11 Å². The summed E-state index contributed by atoms with van der Waals surface area (Å²) in [5, 5.41) is 9.21. The minimum absolute atomic E-state index is 0.322. The molecule has 2 bridgehead atoms. The highest BCUT2D eigenvalue weighted by Gasteiger charge is 2.67. The maximum absolute atomic E-state index is 9.21. The lowest BCUT2D eigenvalue weighted by molar-refractivity contribution is -0.168. The van der Waals surface area contributed by atoms with E-state index in [-0.39, 0.29) is 0 Å². The molecule has 1 heteroatoms. The molecule has 0 aromatic heterocycles. The monoisotopic (exact) mass is 188 g/mol. The van der Waals surface area contributed by atoms with Crippen LogP contribution < -0.4 is 0 Å². The number of hydrogen-bond donors (Lipinski definition) is 1. The van der Waals surface area contributed by atoms with E-state index in [1.807, 2.05) is 0 Å². The molecular formula is C13H16O. The molecule has 74 valence electrons. The third-order valence-corrected chi connectivity index (χ3v) is 4.19. The van der Waals surface area contributed by atoms with E-state index in [1.165, 1.54) is 30.4 Å². The van der Waals surface area contributed by atoms with Gasteiger partial charge in [-0.2, -0.15) is 0 Å². The average Bonchev–Trinajstić information content (AvgIpc) is 2.04. The number of rotatable bonds is 2. The average molecular weight is 188 g/mol. The first-order valence-electron chi connectivity index (χ1n) is 5.37. The second-order valence-electron chi connectivity index (χ2n) is 5.28. The van der Waals surface area contributed by atoms with Crippen molar-refractivity contribution in [1.29, 1.82) is 0 Å². The van der Waals surface area contributed by atoms with Crippen LogP contribution in [0.3, 0.4) is 0 Å². The van der Waals surface area contributed by atoms with Crippen LogP contribution in [-0.4, -0.2) is 11.7 Å². The van der Waals surface area contributed by atoms with Crippen molar-refractivity contribution >= 4 is 0 Å².